The zero-order chi connectivity index (χ0) is 23.0. The van der Waals surface area contributed by atoms with Gasteiger partial charge in [0.1, 0.15) is 12.9 Å². The summed E-state index contributed by atoms with van der Waals surface area (Å²) in [5, 5.41) is 23.8. The SMILES string of the molecule is CCCC[C@@H](O)C[C@H]([C@H](O)c1ccc(OC)cc1)P(=O)(c1ccccc1)c1ccccc1. The van der Waals surface area contributed by atoms with E-state index in [0.717, 1.165) is 12.8 Å². The number of unbranched alkanes of at least 4 members (excludes halogenated alkanes) is 1. The lowest BCUT2D eigenvalue weighted by Gasteiger charge is -2.34. The first-order valence-corrected chi connectivity index (χ1v) is 13.0. The molecule has 0 aliphatic carbocycles. The van der Waals surface area contributed by atoms with Gasteiger partial charge in [0.05, 0.1) is 25.0 Å². The van der Waals surface area contributed by atoms with E-state index in [0.29, 0.717) is 28.3 Å². The Morgan fingerprint density at radius 1 is 0.844 bits per heavy atom. The fourth-order valence-corrected chi connectivity index (χ4v) is 7.57. The van der Waals surface area contributed by atoms with Gasteiger partial charge < -0.3 is 19.5 Å². The molecule has 4 nitrogen and oxygen atoms in total. The van der Waals surface area contributed by atoms with E-state index in [4.69, 9.17) is 4.74 Å². The van der Waals surface area contributed by atoms with Crippen LogP contribution in [0.25, 0.3) is 0 Å². The zero-order valence-corrected chi connectivity index (χ0v) is 19.7. The second-order valence-electron chi connectivity index (χ2n) is 8.15. The summed E-state index contributed by atoms with van der Waals surface area (Å²) >= 11 is 0. The van der Waals surface area contributed by atoms with Crippen LogP contribution in [-0.4, -0.2) is 29.1 Å². The highest BCUT2D eigenvalue weighted by Crippen LogP contribution is 2.55. The molecule has 0 fully saturated rings. The third-order valence-corrected chi connectivity index (χ3v) is 9.53. The monoisotopic (exact) mass is 452 g/mol. The summed E-state index contributed by atoms with van der Waals surface area (Å²) < 4.78 is 20.2. The van der Waals surface area contributed by atoms with Gasteiger partial charge in [-0.2, -0.15) is 0 Å². The minimum atomic E-state index is -3.30. The molecule has 2 N–H and O–H groups in total. The van der Waals surface area contributed by atoms with Gasteiger partial charge in [0.15, 0.2) is 0 Å². The van der Waals surface area contributed by atoms with E-state index >= 15 is 0 Å². The lowest BCUT2D eigenvalue weighted by atomic mass is 10.00. The van der Waals surface area contributed by atoms with Crippen molar-refractivity contribution in [2.75, 3.05) is 7.11 Å². The molecule has 0 amide bonds. The van der Waals surface area contributed by atoms with Crippen LogP contribution >= 0.6 is 7.14 Å². The Morgan fingerprint density at radius 3 is 1.84 bits per heavy atom. The highest BCUT2D eigenvalue weighted by molar-refractivity contribution is 7.79. The molecule has 0 unspecified atom stereocenters. The first-order chi connectivity index (χ1) is 15.5. The predicted octanol–water partition coefficient (Wildman–Crippen LogP) is 5.05. The zero-order valence-electron chi connectivity index (χ0n) is 18.8. The van der Waals surface area contributed by atoms with Crippen LogP contribution in [0.5, 0.6) is 5.75 Å². The fraction of sp³-hybridized carbons (Fsp3) is 0.333. The van der Waals surface area contributed by atoms with Crippen LogP contribution in [-0.2, 0) is 4.57 Å². The van der Waals surface area contributed by atoms with Gasteiger partial charge in [-0.3, -0.25) is 0 Å². The molecule has 0 bridgehead atoms. The normalized spacial score (nSPS) is 14.5. The largest absolute Gasteiger partial charge is 0.497 e. The first-order valence-electron chi connectivity index (χ1n) is 11.2. The minimum absolute atomic E-state index is 0.244. The van der Waals surface area contributed by atoms with Gasteiger partial charge >= 0.3 is 0 Å². The summed E-state index contributed by atoms with van der Waals surface area (Å²) in [7, 11) is -1.71. The van der Waals surface area contributed by atoms with Gasteiger partial charge in [-0.15, -0.1) is 0 Å². The lowest BCUT2D eigenvalue weighted by Crippen LogP contribution is -2.33. The summed E-state index contributed by atoms with van der Waals surface area (Å²) in [6.07, 6.45) is 1.06. The average molecular weight is 453 g/mol. The molecule has 3 aromatic rings. The smallest absolute Gasteiger partial charge is 0.149 e. The van der Waals surface area contributed by atoms with E-state index < -0.39 is 25.0 Å². The molecule has 0 radical (unpaired) electrons. The van der Waals surface area contributed by atoms with Gasteiger partial charge in [-0.05, 0) is 30.5 Å². The van der Waals surface area contributed by atoms with Gasteiger partial charge in [-0.25, -0.2) is 0 Å². The van der Waals surface area contributed by atoms with E-state index in [9.17, 15) is 14.8 Å². The van der Waals surface area contributed by atoms with Crippen LogP contribution in [0.15, 0.2) is 84.9 Å². The number of aliphatic hydroxyl groups is 2. The molecule has 0 aliphatic heterocycles. The maximum absolute atomic E-state index is 15.0. The lowest BCUT2D eigenvalue weighted by molar-refractivity contribution is 0.110. The summed E-state index contributed by atoms with van der Waals surface area (Å²) in [5.41, 5.74) is -0.0156. The van der Waals surface area contributed by atoms with E-state index in [-0.39, 0.29) is 6.42 Å². The first kappa shape index (κ1) is 24.3. The summed E-state index contributed by atoms with van der Waals surface area (Å²) in [6.45, 7) is 2.08. The Balaban J connectivity index is 2.11. The maximum Gasteiger partial charge on any atom is 0.149 e. The topological polar surface area (TPSA) is 66.8 Å². The van der Waals surface area contributed by atoms with Crippen molar-refractivity contribution in [2.24, 2.45) is 0 Å². The number of methoxy groups -OCH3 is 1. The van der Waals surface area contributed by atoms with Crippen LogP contribution < -0.4 is 15.3 Å². The van der Waals surface area contributed by atoms with Crippen LogP contribution in [0.3, 0.4) is 0 Å². The Hall–Kier alpha value is -2.39. The summed E-state index contributed by atoms with van der Waals surface area (Å²) in [6, 6.07) is 25.9. The van der Waals surface area contributed by atoms with Crippen molar-refractivity contribution in [3.8, 4) is 5.75 Å². The van der Waals surface area contributed by atoms with E-state index in [1.54, 1.807) is 31.4 Å². The van der Waals surface area contributed by atoms with E-state index in [1.807, 2.05) is 60.7 Å². The van der Waals surface area contributed by atoms with Gasteiger partial charge in [0, 0.05) is 10.6 Å². The van der Waals surface area contributed by atoms with Crippen LogP contribution in [0.1, 0.15) is 44.3 Å². The van der Waals surface area contributed by atoms with E-state index in [2.05, 4.69) is 6.92 Å². The molecule has 0 aliphatic rings. The standard InChI is InChI=1S/C27H33O4P/c1-3-4-11-22(28)20-26(27(29)21-16-18-23(31-2)19-17-21)32(30,24-12-7-5-8-13-24)25-14-9-6-10-15-25/h5-10,12-19,22,26-29H,3-4,11,20H2,1-2H3/t22-,26-,27-/m1/s1. The quantitative estimate of drug-likeness (QED) is 0.400. The number of hydrogen-bond donors (Lipinski definition) is 2. The minimum Gasteiger partial charge on any atom is -0.497 e. The van der Waals surface area contributed by atoms with Gasteiger partial charge in [0.2, 0.25) is 0 Å². The third kappa shape index (κ3) is 5.50. The predicted molar refractivity (Wildman–Crippen MR) is 132 cm³/mol. The van der Waals surface area contributed by atoms with Crippen LogP contribution in [0, 0.1) is 0 Å². The Kier molecular flexibility index (Phi) is 8.69. The number of benzene rings is 3. The second kappa shape index (κ2) is 11.5. The van der Waals surface area contributed by atoms with Gasteiger partial charge in [-0.1, -0.05) is 92.6 Å². The van der Waals surface area contributed by atoms with Crippen molar-refractivity contribution in [1.82, 2.24) is 0 Å². The second-order valence-corrected chi connectivity index (χ2v) is 11.2. The van der Waals surface area contributed by atoms with Crippen molar-refractivity contribution in [3.63, 3.8) is 0 Å². The molecule has 3 atom stereocenters. The number of ether oxygens (including phenoxy) is 1. The van der Waals surface area contributed by atoms with Crippen LogP contribution in [0.2, 0.25) is 0 Å². The summed E-state index contributed by atoms with van der Waals surface area (Å²) in [4.78, 5) is 0. The third-order valence-electron chi connectivity index (χ3n) is 5.97. The van der Waals surface area contributed by atoms with Gasteiger partial charge in [0.25, 0.3) is 0 Å². The maximum atomic E-state index is 15.0. The molecule has 3 rings (SSSR count). The highest BCUT2D eigenvalue weighted by atomic mass is 31.2. The summed E-state index contributed by atoms with van der Waals surface area (Å²) in [5.74, 6) is 0.690. The molecular weight excluding hydrogens is 419 g/mol. The molecule has 3 aromatic carbocycles. The van der Waals surface area contributed by atoms with Crippen molar-refractivity contribution < 1.29 is 19.5 Å². The van der Waals surface area contributed by atoms with E-state index in [1.165, 1.54) is 0 Å². The number of aliphatic hydroxyl groups excluding tert-OH is 2. The number of hydrogen-bond acceptors (Lipinski definition) is 4. The Labute approximate surface area is 191 Å². The average Bonchev–Trinajstić information content (AvgIpc) is 2.86. The highest BCUT2D eigenvalue weighted by Gasteiger charge is 2.42. The molecular formula is C27H33O4P. The molecule has 0 aromatic heterocycles. The molecule has 0 spiro atoms. The van der Waals surface area contributed by atoms with Crippen molar-refractivity contribution in [3.05, 3.63) is 90.5 Å². The molecule has 0 heterocycles. The fourth-order valence-electron chi connectivity index (χ4n) is 4.17. The molecule has 170 valence electrons. The van der Waals surface area contributed by atoms with Crippen molar-refractivity contribution >= 4 is 17.8 Å². The Bertz CT molecular complexity index is 946. The Morgan fingerprint density at radius 2 is 1.38 bits per heavy atom. The number of rotatable bonds is 11. The molecule has 32 heavy (non-hydrogen) atoms. The van der Waals surface area contributed by atoms with Crippen LogP contribution in [0.4, 0.5) is 0 Å². The van der Waals surface area contributed by atoms with Crippen molar-refractivity contribution in [2.45, 2.75) is 50.5 Å². The molecule has 0 saturated carbocycles. The molecule has 5 heteroatoms. The van der Waals surface area contributed by atoms with Crippen molar-refractivity contribution in [1.29, 1.82) is 0 Å². The molecule has 0 saturated heterocycles.